The van der Waals surface area contributed by atoms with Gasteiger partial charge in [-0.25, -0.2) is 0 Å². The Morgan fingerprint density at radius 3 is 2.54 bits per heavy atom. The van der Waals surface area contributed by atoms with Crippen molar-refractivity contribution in [3.8, 4) is 6.07 Å². The Hall–Kier alpha value is -1.51. The van der Waals surface area contributed by atoms with Crippen molar-refractivity contribution in [1.82, 2.24) is 9.78 Å². The molecule has 0 unspecified atom stereocenters. The summed E-state index contributed by atoms with van der Waals surface area (Å²) < 4.78 is 37.6. The van der Waals surface area contributed by atoms with Crippen LogP contribution >= 0.6 is 0 Å². The maximum atomic E-state index is 12.2. The molecule has 0 fully saturated rings. The topological polar surface area (TPSA) is 41.6 Å². The second-order valence-electron chi connectivity index (χ2n) is 2.36. The molecular formula is C7H6F3N3. The van der Waals surface area contributed by atoms with Crippen LogP contribution < -0.4 is 0 Å². The molecule has 13 heavy (non-hydrogen) atoms. The lowest BCUT2D eigenvalue weighted by Crippen LogP contribution is -2.08. The lowest BCUT2D eigenvalue weighted by Gasteiger charge is -2.01. The van der Waals surface area contributed by atoms with Crippen molar-refractivity contribution < 1.29 is 13.2 Å². The first-order chi connectivity index (χ1) is 5.99. The third kappa shape index (κ3) is 1.80. The summed E-state index contributed by atoms with van der Waals surface area (Å²) in [6.07, 6.45) is -3.46. The fourth-order valence-corrected chi connectivity index (χ4v) is 0.875. The fourth-order valence-electron chi connectivity index (χ4n) is 0.875. The zero-order chi connectivity index (χ0) is 10.1. The van der Waals surface area contributed by atoms with Crippen LogP contribution in [-0.4, -0.2) is 9.78 Å². The van der Waals surface area contributed by atoms with E-state index < -0.39 is 17.4 Å². The lowest BCUT2D eigenvalue weighted by atomic mass is 10.3. The van der Waals surface area contributed by atoms with Gasteiger partial charge in [0.2, 0.25) is 0 Å². The predicted octanol–water partition coefficient (Wildman–Crippen LogP) is 1.79. The molecule has 0 atom stereocenters. The summed E-state index contributed by atoms with van der Waals surface area (Å²) in [5.41, 5.74) is -1.55. The van der Waals surface area contributed by atoms with Crippen LogP contribution in [0.15, 0.2) is 6.20 Å². The van der Waals surface area contributed by atoms with E-state index in [1.807, 2.05) is 0 Å². The summed E-state index contributed by atoms with van der Waals surface area (Å²) >= 11 is 0. The normalized spacial score (nSPS) is 11.3. The summed E-state index contributed by atoms with van der Waals surface area (Å²) in [4.78, 5) is 0. The van der Waals surface area contributed by atoms with Gasteiger partial charge in [-0.15, -0.1) is 0 Å². The summed E-state index contributed by atoms with van der Waals surface area (Å²) in [5, 5.41) is 11.6. The van der Waals surface area contributed by atoms with Gasteiger partial charge in [-0.05, 0) is 6.92 Å². The van der Waals surface area contributed by atoms with Crippen LogP contribution in [0.3, 0.4) is 0 Å². The van der Waals surface area contributed by atoms with Crippen LogP contribution in [-0.2, 0) is 12.7 Å². The molecule has 0 N–H and O–H groups in total. The molecule has 6 heteroatoms. The molecule has 0 saturated carbocycles. The first-order valence-corrected chi connectivity index (χ1v) is 3.53. The minimum Gasteiger partial charge on any atom is -0.271 e. The van der Waals surface area contributed by atoms with Crippen LogP contribution in [0.2, 0.25) is 0 Å². The van der Waals surface area contributed by atoms with Crippen LogP contribution in [0.5, 0.6) is 0 Å². The lowest BCUT2D eigenvalue weighted by molar-refractivity contribution is -0.141. The van der Waals surface area contributed by atoms with Gasteiger partial charge < -0.3 is 0 Å². The zero-order valence-electron chi connectivity index (χ0n) is 6.76. The quantitative estimate of drug-likeness (QED) is 0.675. The number of rotatable bonds is 1. The molecule has 0 radical (unpaired) electrons. The van der Waals surface area contributed by atoms with Crippen LogP contribution in [0.25, 0.3) is 0 Å². The van der Waals surface area contributed by atoms with Crippen molar-refractivity contribution in [2.45, 2.75) is 19.6 Å². The van der Waals surface area contributed by atoms with E-state index in [0.29, 0.717) is 6.54 Å². The molecule has 1 aromatic heterocycles. The molecule has 0 saturated heterocycles. The molecule has 0 spiro atoms. The van der Waals surface area contributed by atoms with E-state index in [0.717, 1.165) is 10.9 Å². The minimum absolute atomic E-state index is 0.310. The van der Waals surface area contributed by atoms with Gasteiger partial charge in [0.25, 0.3) is 0 Å². The van der Waals surface area contributed by atoms with Crippen molar-refractivity contribution in [2.75, 3.05) is 0 Å². The van der Waals surface area contributed by atoms with E-state index >= 15 is 0 Å². The average Bonchev–Trinajstić information content (AvgIpc) is 2.46. The Morgan fingerprint density at radius 1 is 1.62 bits per heavy atom. The molecule has 1 heterocycles. The molecule has 1 rings (SSSR count). The van der Waals surface area contributed by atoms with Crippen LogP contribution in [0.4, 0.5) is 13.2 Å². The number of alkyl halides is 3. The van der Waals surface area contributed by atoms with Gasteiger partial charge in [0.1, 0.15) is 11.6 Å². The Labute approximate surface area is 72.4 Å². The maximum absolute atomic E-state index is 12.2. The van der Waals surface area contributed by atoms with Gasteiger partial charge >= 0.3 is 6.18 Å². The maximum Gasteiger partial charge on any atom is 0.436 e. The number of nitriles is 1. The fraction of sp³-hybridized carbons (Fsp3) is 0.429. The summed E-state index contributed by atoms with van der Waals surface area (Å²) in [6.45, 7) is 1.96. The molecule has 0 bridgehead atoms. The standard InChI is InChI=1S/C7H6F3N3/c1-2-13-4-5(3-11)6(12-13)7(8,9)10/h4H,2H2,1H3. The van der Waals surface area contributed by atoms with Gasteiger partial charge in [-0.2, -0.15) is 23.5 Å². The molecule has 0 amide bonds. The molecule has 1 aromatic rings. The monoisotopic (exact) mass is 189 g/mol. The van der Waals surface area contributed by atoms with Crippen LogP contribution in [0, 0.1) is 11.3 Å². The van der Waals surface area contributed by atoms with Crippen LogP contribution in [0.1, 0.15) is 18.2 Å². The van der Waals surface area contributed by atoms with E-state index in [2.05, 4.69) is 5.10 Å². The number of aryl methyl sites for hydroxylation is 1. The minimum atomic E-state index is -4.55. The Morgan fingerprint density at radius 2 is 2.23 bits per heavy atom. The Balaban J connectivity index is 3.21. The number of nitrogens with zero attached hydrogens (tertiary/aromatic N) is 3. The highest BCUT2D eigenvalue weighted by atomic mass is 19.4. The van der Waals surface area contributed by atoms with Crippen molar-refractivity contribution in [2.24, 2.45) is 0 Å². The van der Waals surface area contributed by atoms with Gasteiger partial charge in [0.05, 0.1) is 0 Å². The van der Waals surface area contributed by atoms with Gasteiger partial charge in [0, 0.05) is 12.7 Å². The predicted molar refractivity (Wildman–Crippen MR) is 37.6 cm³/mol. The highest BCUT2D eigenvalue weighted by Gasteiger charge is 2.37. The van der Waals surface area contributed by atoms with Crippen molar-refractivity contribution in [1.29, 1.82) is 5.26 Å². The highest BCUT2D eigenvalue weighted by molar-refractivity contribution is 5.32. The van der Waals surface area contributed by atoms with Gasteiger partial charge in [0.15, 0.2) is 5.69 Å². The molecule has 0 aliphatic carbocycles. The van der Waals surface area contributed by atoms with E-state index in [1.165, 1.54) is 6.07 Å². The first-order valence-electron chi connectivity index (χ1n) is 3.53. The van der Waals surface area contributed by atoms with Crippen molar-refractivity contribution in [3.63, 3.8) is 0 Å². The number of hydrogen-bond donors (Lipinski definition) is 0. The Kier molecular flexibility index (Phi) is 2.28. The molecule has 0 aliphatic heterocycles. The number of halogens is 3. The van der Waals surface area contributed by atoms with E-state index in [4.69, 9.17) is 5.26 Å². The summed E-state index contributed by atoms with van der Waals surface area (Å²) in [5.74, 6) is 0. The third-order valence-electron chi connectivity index (χ3n) is 1.47. The third-order valence-corrected chi connectivity index (χ3v) is 1.47. The number of aromatic nitrogens is 2. The summed E-state index contributed by atoms with van der Waals surface area (Å²) in [7, 11) is 0. The van der Waals surface area contributed by atoms with Crippen molar-refractivity contribution >= 4 is 0 Å². The van der Waals surface area contributed by atoms with E-state index in [1.54, 1.807) is 6.92 Å². The second kappa shape index (κ2) is 3.09. The SMILES string of the molecule is CCn1cc(C#N)c(C(F)(F)F)n1. The largest absolute Gasteiger partial charge is 0.436 e. The van der Waals surface area contributed by atoms with E-state index in [9.17, 15) is 13.2 Å². The van der Waals surface area contributed by atoms with E-state index in [-0.39, 0.29) is 0 Å². The highest BCUT2D eigenvalue weighted by Crippen LogP contribution is 2.30. The average molecular weight is 189 g/mol. The number of hydrogen-bond acceptors (Lipinski definition) is 2. The molecule has 70 valence electrons. The zero-order valence-corrected chi connectivity index (χ0v) is 6.76. The first kappa shape index (κ1) is 9.58. The summed E-state index contributed by atoms with van der Waals surface area (Å²) in [6, 6.07) is 1.45. The van der Waals surface area contributed by atoms with Gasteiger partial charge in [-0.3, -0.25) is 4.68 Å². The van der Waals surface area contributed by atoms with Crippen molar-refractivity contribution in [3.05, 3.63) is 17.5 Å². The molecule has 3 nitrogen and oxygen atoms in total. The van der Waals surface area contributed by atoms with Gasteiger partial charge in [-0.1, -0.05) is 0 Å². The Bertz CT molecular complexity index is 345. The molecular weight excluding hydrogens is 183 g/mol. The second-order valence-corrected chi connectivity index (χ2v) is 2.36. The molecule has 0 aliphatic rings. The smallest absolute Gasteiger partial charge is 0.271 e. The molecule has 0 aromatic carbocycles.